The Morgan fingerprint density at radius 3 is 2.67 bits per heavy atom. The second-order valence-electron chi connectivity index (χ2n) is 4.97. The molecule has 1 rings (SSSR count). The first-order valence-electron chi connectivity index (χ1n) is 6.38. The molecule has 1 amide bonds. The van der Waals surface area contributed by atoms with Crippen molar-refractivity contribution < 1.29 is 4.79 Å². The lowest BCUT2D eigenvalue weighted by atomic mass is 10.0. The van der Waals surface area contributed by atoms with Crippen LogP contribution in [0.15, 0.2) is 6.07 Å². The van der Waals surface area contributed by atoms with E-state index in [0.29, 0.717) is 18.1 Å². The Bertz CT molecular complexity index is 412. The average Bonchev–Trinajstić information content (AvgIpc) is 2.71. The van der Waals surface area contributed by atoms with Crippen LogP contribution >= 0.6 is 11.6 Å². The van der Waals surface area contributed by atoms with E-state index in [-0.39, 0.29) is 11.4 Å². The van der Waals surface area contributed by atoms with Gasteiger partial charge in [-0.05, 0) is 39.7 Å². The summed E-state index contributed by atoms with van der Waals surface area (Å²) in [6.07, 6.45) is 1.57. The second kappa shape index (κ2) is 6.23. The van der Waals surface area contributed by atoms with Crippen LogP contribution in [0.25, 0.3) is 0 Å². The van der Waals surface area contributed by atoms with E-state index in [0.717, 1.165) is 18.5 Å². The van der Waals surface area contributed by atoms with Crippen molar-refractivity contribution in [2.45, 2.75) is 52.6 Å². The highest BCUT2D eigenvalue weighted by Crippen LogP contribution is 2.12. The largest absolute Gasteiger partial charge is 0.346 e. The maximum atomic E-state index is 12.2. The Kier molecular flexibility index (Phi) is 5.20. The Labute approximate surface area is 114 Å². The molecule has 0 saturated carbocycles. The van der Waals surface area contributed by atoms with Crippen LogP contribution in [0, 0.1) is 0 Å². The maximum Gasteiger partial charge on any atom is 0.269 e. The maximum absolute atomic E-state index is 12.2. The van der Waals surface area contributed by atoms with Gasteiger partial charge in [0.1, 0.15) is 5.69 Å². The number of halogens is 1. The molecule has 0 aliphatic heterocycles. The van der Waals surface area contributed by atoms with Gasteiger partial charge in [0.25, 0.3) is 5.91 Å². The number of hydrogen-bond acceptors (Lipinski definition) is 2. The van der Waals surface area contributed by atoms with Crippen molar-refractivity contribution in [3.8, 4) is 0 Å². The van der Waals surface area contributed by atoms with Crippen LogP contribution in [0.3, 0.4) is 0 Å². The lowest BCUT2D eigenvalue weighted by molar-refractivity contribution is 0.0900. The summed E-state index contributed by atoms with van der Waals surface area (Å²) in [5.41, 5.74) is 1.27. The van der Waals surface area contributed by atoms with E-state index in [2.05, 4.69) is 10.4 Å². The molecule has 0 aromatic carbocycles. The molecule has 0 unspecified atom stereocenters. The first-order chi connectivity index (χ1) is 8.43. The van der Waals surface area contributed by atoms with E-state index in [1.807, 2.05) is 33.8 Å². The van der Waals surface area contributed by atoms with Crippen LogP contribution in [-0.4, -0.2) is 27.1 Å². The highest BCUT2D eigenvalue weighted by molar-refractivity contribution is 6.17. The van der Waals surface area contributed by atoms with Crippen LogP contribution in [0.1, 0.15) is 50.3 Å². The van der Waals surface area contributed by atoms with Crippen molar-refractivity contribution in [3.63, 3.8) is 0 Å². The molecule has 5 heteroatoms. The number of carbonyl (C=O) groups excluding carboxylic acids is 1. The molecule has 1 N–H and O–H groups in total. The molecule has 0 radical (unpaired) electrons. The molecule has 0 bridgehead atoms. The molecule has 1 heterocycles. The number of nitrogens with one attached hydrogen (secondary N) is 1. The number of rotatable bonds is 6. The van der Waals surface area contributed by atoms with Gasteiger partial charge in [0.05, 0.1) is 5.69 Å². The second-order valence-corrected chi connectivity index (χ2v) is 5.35. The number of hydrogen-bond donors (Lipinski definition) is 1. The summed E-state index contributed by atoms with van der Waals surface area (Å²) in [6.45, 7) is 8.65. The molecule has 4 nitrogen and oxygen atoms in total. The van der Waals surface area contributed by atoms with Crippen molar-refractivity contribution in [2.24, 2.45) is 0 Å². The zero-order valence-electron chi connectivity index (χ0n) is 11.6. The van der Waals surface area contributed by atoms with Crippen molar-refractivity contribution in [1.29, 1.82) is 0 Å². The Morgan fingerprint density at radius 1 is 1.50 bits per heavy atom. The van der Waals surface area contributed by atoms with Crippen molar-refractivity contribution in [2.75, 3.05) is 5.88 Å². The van der Waals surface area contributed by atoms with E-state index >= 15 is 0 Å². The van der Waals surface area contributed by atoms with Gasteiger partial charge in [-0.25, -0.2) is 0 Å². The van der Waals surface area contributed by atoms with Gasteiger partial charge >= 0.3 is 0 Å². The smallest absolute Gasteiger partial charge is 0.269 e. The normalized spacial score (nSPS) is 11.6. The first kappa shape index (κ1) is 15.0. The monoisotopic (exact) mass is 271 g/mol. The average molecular weight is 272 g/mol. The molecule has 18 heavy (non-hydrogen) atoms. The van der Waals surface area contributed by atoms with Gasteiger partial charge in [0.2, 0.25) is 0 Å². The first-order valence-corrected chi connectivity index (χ1v) is 6.92. The molecule has 0 saturated heterocycles. The third kappa shape index (κ3) is 3.73. The predicted molar refractivity (Wildman–Crippen MR) is 74.2 cm³/mol. The molecule has 1 aromatic heterocycles. The summed E-state index contributed by atoms with van der Waals surface area (Å²) >= 11 is 5.73. The molecule has 102 valence electrons. The fourth-order valence-electron chi connectivity index (χ4n) is 1.74. The zero-order chi connectivity index (χ0) is 13.8. The molecule has 0 fully saturated rings. The third-order valence-corrected chi connectivity index (χ3v) is 3.09. The molecule has 0 spiro atoms. The molecule has 0 atom stereocenters. The summed E-state index contributed by atoms with van der Waals surface area (Å²) in [5.74, 6) is 0.444. The minimum Gasteiger partial charge on any atom is -0.346 e. The van der Waals surface area contributed by atoms with Crippen molar-refractivity contribution in [3.05, 3.63) is 17.5 Å². The van der Waals surface area contributed by atoms with Gasteiger partial charge < -0.3 is 5.32 Å². The van der Waals surface area contributed by atoms with Gasteiger partial charge in [-0.2, -0.15) is 5.10 Å². The summed E-state index contributed by atoms with van der Waals surface area (Å²) in [4.78, 5) is 12.2. The minimum atomic E-state index is -0.298. The zero-order valence-corrected chi connectivity index (χ0v) is 12.3. The highest BCUT2D eigenvalue weighted by atomic mass is 35.5. The van der Waals surface area contributed by atoms with E-state index < -0.39 is 0 Å². The summed E-state index contributed by atoms with van der Waals surface area (Å²) < 4.78 is 1.74. The van der Waals surface area contributed by atoms with Crippen molar-refractivity contribution >= 4 is 17.5 Å². The van der Waals surface area contributed by atoms with Gasteiger partial charge in [0.15, 0.2) is 0 Å². The van der Waals surface area contributed by atoms with Gasteiger partial charge in [0, 0.05) is 18.0 Å². The van der Waals surface area contributed by atoms with Gasteiger partial charge in [-0.3, -0.25) is 9.48 Å². The van der Waals surface area contributed by atoms with E-state index in [1.165, 1.54) is 0 Å². The topological polar surface area (TPSA) is 46.9 Å². The van der Waals surface area contributed by atoms with Crippen molar-refractivity contribution in [1.82, 2.24) is 15.1 Å². The van der Waals surface area contributed by atoms with E-state index in [9.17, 15) is 4.79 Å². The third-order valence-electron chi connectivity index (χ3n) is 2.90. The Hall–Kier alpha value is -1.03. The van der Waals surface area contributed by atoms with Gasteiger partial charge in [-0.15, -0.1) is 11.6 Å². The number of aromatic nitrogens is 2. The number of nitrogens with zero attached hydrogens (tertiary/aromatic N) is 2. The number of amides is 1. The summed E-state index contributed by atoms with van der Waals surface area (Å²) in [6, 6.07) is 1.86. The number of carbonyl (C=O) groups is 1. The van der Waals surface area contributed by atoms with Crippen LogP contribution in [-0.2, 0) is 13.0 Å². The number of aryl methyl sites for hydroxylation is 2. The lowest BCUT2D eigenvalue weighted by Crippen LogP contribution is -2.44. The molecular formula is C13H22ClN3O. The molecule has 0 aliphatic rings. The van der Waals surface area contributed by atoms with E-state index in [1.54, 1.807) is 4.68 Å². The summed E-state index contributed by atoms with van der Waals surface area (Å²) in [7, 11) is 0. The number of alkyl halides is 1. The Morgan fingerprint density at radius 2 is 2.17 bits per heavy atom. The standard InChI is InChI=1S/C13H22ClN3O/c1-5-10-9-11(17(6-2)16-10)12(18)15-13(3,4)7-8-14/h9H,5-8H2,1-4H3,(H,15,18). The molecule has 1 aromatic rings. The van der Waals surface area contributed by atoms with Crippen LogP contribution < -0.4 is 5.32 Å². The van der Waals surface area contributed by atoms with E-state index in [4.69, 9.17) is 11.6 Å². The van der Waals surface area contributed by atoms with Crippen LogP contribution in [0.4, 0.5) is 0 Å². The fourth-order valence-corrected chi connectivity index (χ4v) is 2.21. The summed E-state index contributed by atoms with van der Waals surface area (Å²) in [5, 5.41) is 7.38. The SMILES string of the molecule is CCc1cc(C(=O)NC(C)(C)CCCl)n(CC)n1. The lowest BCUT2D eigenvalue weighted by Gasteiger charge is -2.25. The van der Waals surface area contributed by atoms with Gasteiger partial charge in [-0.1, -0.05) is 6.92 Å². The predicted octanol–water partition coefficient (Wildman–Crippen LogP) is 2.60. The quantitative estimate of drug-likeness (QED) is 0.809. The minimum absolute atomic E-state index is 0.0841. The highest BCUT2D eigenvalue weighted by Gasteiger charge is 2.22. The fraction of sp³-hybridized carbons (Fsp3) is 0.692. The van der Waals surface area contributed by atoms with Crippen LogP contribution in [0.2, 0.25) is 0 Å². The Balaban J connectivity index is 2.86. The van der Waals surface area contributed by atoms with Crippen LogP contribution in [0.5, 0.6) is 0 Å². The molecular weight excluding hydrogens is 250 g/mol. The molecule has 0 aliphatic carbocycles.